The number of aliphatic carboxylic acids is 1. The summed E-state index contributed by atoms with van der Waals surface area (Å²) in [5.74, 6) is -1.11. The van der Waals surface area contributed by atoms with E-state index < -0.39 is 18.0 Å². The van der Waals surface area contributed by atoms with Crippen molar-refractivity contribution >= 4 is 23.3 Å². The lowest BCUT2D eigenvalue weighted by Crippen LogP contribution is -2.47. The fraction of sp³-hybridized carbons (Fsp3) is 0.333. The summed E-state index contributed by atoms with van der Waals surface area (Å²) in [5, 5.41) is 16.9. The van der Waals surface area contributed by atoms with E-state index in [2.05, 4.69) is 25.6 Å². The molecule has 2 aromatic heterocycles. The number of nitrogens with one attached hydrogen (secondary N) is 3. The van der Waals surface area contributed by atoms with Crippen LogP contribution in [0, 0.1) is 6.92 Å². The Labute approximate surface area is 124 Å². The summed E-state index contributed by atoms with van der Waals surface area (Å²) in [4.78, 5) is 33.7. The summed E-state index contributed by atoms with van der Waals surface area (Å²) >= 11 is 1.49. The Morgan fingerprint density at radius 3 is 2.90 bits per heavy atom. The number of nitrogens with zero attached hydrogens (tertiary/aromatic N) is 2. The van der Waals surface area contributed by atoms with Gasteiger partial charge in [-0.1, -0.05) is 0 Å². The van der Waals surface area contributed by atoms with Crippen LogP contribution >= 0.6 is 11.3 Å². The molecule has 0 radical (unpaired) electrons. The van der Waals surface area contributed by atoms with Crippen LogP contribution in [0.25, 0.3) is 0 Å². The Hall–Kier alpha value is -2.42. The molecule has 4 N–H and O–H groups in total. The van der Waals surface area contributed by atoms with Gasteiger partial charge in [-0.05, 0) is 6.92 Å². The number of hydrogen-bond donors (Lipinski definition) is 4. The van der Waals surface area contributed by atoms with E-state index in [1.165, 1.54) is 23.9 Å². The lowest BCUT2D eigenvalue weighted by atomic mass is 10.2. The van der Waals surface area contributed by atoms with Gasteiger partial charge >= 0.3 is 12.0 Å². The molecule has 8 nitrogen and oxygen atoms in total. The molecule has 0 aliphatic rings. The molecule has 2 rings (SSSR count). The smallest absolute Gasteiger partial charge is 0.326 e. The number of carbonyl (C=O) groups is 2. The van der Waals surface area contributed by atoms with Crippen molar-refractivity contribution in [1.29, 1.82) is 0 Å². The van der Waals surface area contributed by atoms with Crippen LogP contribution in [0.1, 0.15) is 16.4 Å². The maximum atomic E-state index is 11.7. The number of rotatable bonds is 6. The van der Waals surface area contributed by atoms with Gasteiger partial charge in [0.25, 0.3) is 0 Å². The van der Waals surface area contributed by atoms with Crippen molar-refractivity contribution < 1.29 is 14.7 Å². The first-order valence-corrected chi connectivity index (χ1v) is 7.08. The molecular formula is C12H15N5O3S. The van der Waals surface area contributed by atoms with Gasteiger partial charge in [0, 0.05) is 23.7 Å². The van der Waals surface area contributed by atoms with Crippen LogP contribution in [-0.2, 0) is 17.8 Å². The number of urea groups is 1. The summed E-state index contributed by atoms with van der Waals surface area (Å²) in [6.45, 7) is 2.13. The topological polar surface area (TPSA) is 120 Å². The number of amides is 2. The molecule has 0 unspecified atom stereocenters. The highest BCUT2D eigenvalue weighted by atomic mass is 32.1. The number of carboxylic acid groups (broad SMARTS) is 1. The highest BCUT2D eigenvalue weighted by Gasteiger charge is 2.20. The largest absolute Gasteiger partial charge is 0.480 e. The fourth-order valence-electron chi connectivity index (χ4n) is 1.69. The first-order chi connectivity index (χ1) is 10.0. The highest BCUT2D eigenvalue weighted by molar-refractivity contribution is 7.09. The number of H-pyrrole nitrogens is 1. The van der Waals surface area contributed by atoms with Crippen LogP contribution in [-0.4, -0.2) is 38.1 Å². The summed E-state index contributed by atoms with van der Waals surface area (Å²) < 4.78 is 0. The Bertz CT molecular complexity index is 610. The standard InChI is InChI=1S/C12H15N5O3S/c1-7-16-9(5-21-7)4-14-12(20)17-10(11(18)19)2-8-3-13-6-15-8/h3,5-6,10H,2,4H2,1H3,(H,13,15)(H,18,19)(H2,14,17,20)/t10-/m0/s1. The Morgan fingerprint density at radius 1 is 1.52 bits per heavy atom. The van der Waals surface area contributed by atoms with Crippen molar-refractivity contribution in [1.82, 2.24) is 25.6 Å². The first kappa shape index (κ1) is 15.0. The molecule has 0 fully saturated rings. The van der Waals surface area contributed by atoms with Crippen molar-refractivity contribution in [3.8, 4) is 0 Å². The van der Waals surface area contributed by atoms with E-state index in [9.17, 15) is 9.59 Å². The number of thiazole rings is 1. The maximum absolute atomic E-state index is 11.7. The van der Waals surface area contributed by atoms with Gasteiger partial charge in [-0.25, -0.2) is 19.6 Å². The molecular weight excluding hydrogens is 294 g/mol. The van der Waals surface area contributed by atoms with Gasteiger partial charge in [0.05, 0.1) is 23.6 Å². The number of aryl methyl sites for hydroxylation is 1. The van der Waals surface area contributed by atoms with Crippen LogP contribution in [0.3, 0.4) is 0 Å². The van der Waals surface area contributed by atoms with Gasteiger partial charge in [-0.3, -0.25) is 0 Å². The van der Waals surface area contributed by atoms with Gasteiger partial charge < -0.3 is 20.7 Å². The van der Waals surface area contributed by atoms with Gasteiger partial charge in [0.2, 0.25) is 0 Å². The molecule has 21 heavy (non-hydrogen) atoms. The van der Waals surface area contributed by atoms with E-state index in [-0.39, 0.29) is 13.0 Å². The first-order valence-electron chi connectivity index (χ1n) is 6.20. The molecule has 0 saturated heterocycles. The minimum atomic E-state index is -1.11. The second-order valence-corrected chi connectivity index (χ2v) is 5.42. The average Bonchev–Trinajstić information content (AvgIpc) is 3.07. The molecule has 2 amide bonds. The Balaban J connectivity index is 1.84. The van der Waals surface area contributed by atoms with Gasteiger partial charge in [0.15, 0.2) is 0 Å². The summed E-state index contributed by atoms with van der Waals surface area (Å²) in [6, 6.07) is -1.57. The number of aromatic nitrogens is 3. The summed E-state index contributed by atoms with van der Waals surface area (Å²) in [5.41, 5.74) is 1.38. The normalized spacial score (nSPS) is 11.9. The third-order valence-corrected chi connectivity index (χ3v) is 3.50. The Morgan fingerprint density at radius 2 is 2.33 bits per heavy atom. The molecule has 1 atom stereocenters. The third-order valence-electron chi connectivity index (χ3n) is 2.68. The molecule has 9 heteroatoms. The quantitative estimate of drug-likeness (QED) is 0.625. The minimum absolute atomic E-state index is 0.137. The SMILES string of the molecule is Cc1nc(CNC(=O)N[C@@H](Cc2cnc[nH]2)C(=O)O)cs1. The second-order valence-electron chi connectivity index (χ2n) is 4.36. The molecule has 0 bridgehead atoms. The summed E-state index contributed by atoms with van der Waals surface area (Å²) in [6.07, 6.45) is 3.12. The van der Waals surface area contributed by atoms with Gasteiger partial charge in [0.1, 0.15) is 6.04 Å². The number of carboxylic acids is 1. The fourth-order valence-corrected chi connectivity index (χ4v) is 2.30. The molecule has 2 heterocycles. The maximum Gasteiger partial charge on any atom is 0.326 e. The van der Waals surface area contributed by atoms with E-state index >= 15 is 0 Å². The zero-order valence-electron chi connectivity index (χ0n) is 11.3. The van der Waals surface area contributed by atoms with Crippen LogP contribution in [0.15, 0.2) is 17.9 Å². The molecule has 0 aliphatic carbocycles. The molecule has 0 aliphatic heterocycles. The molecule has 112 valence electrons. The van der Waals surface area contributed by atoms with E-state index in [0.29, 0.717) is 5.69 Å². The van der Waals surface area contributed by atoms with Crippen LogP contribution in [0.2, 0.25) is 0 Å². The van der Waals surface area contributed by atoms with Crippen LogP contribution in [0.4, 0.5) is 4.79 Å². The van der Waals surface area contributed by atoms with E-state index in [1.54, 1.807) is 0 Å². The van der Waals surface area contributed by atoms with E-state index in [4.69, 9.17) is 5.11 Å². The van der Waals surface area contributed by atoms with E-state index in [0.717, 1.165) is 10.7 Å². The summed E-state index contributed by atoms with van der Waals surface area (Å²) in [7, 11) is 0. The molecule has 0 aromatic carbocycles. The number of imidazole rings is 1. The van der Waals surface area contributed by atoms with E-state index in [1.807, 2.05) is 12.3 Å². The van der Waals surface area contributed by atoms with Gasteiger partial charge in [-0.15, -0.1) is 11.3 Å². The number of hydrogen-bond acceptors (Lipinski definition) is 5. The zero-order valence-corrected chi connectivity index (χ0v) is 12.1. The van der Waals surface area contributed by atoms with Gasteiger partial charge in [-0.2, -0.15) is 0 Å². The van der Waals surface area contributed by atoms with Crippen molar-refractivity contribution in [3.05, 3.63) is 34.3 Å². The molecule has 2 aromatic rings. The molecule has 0 saturated carbocycles. The number of aromatic amines is 1. The predicted octanol–water partition coefficient (Wildman–Crippen LogP) is 0.670. The third kappa shape index (κ3) is 4.56. The molecule has 0 spiro atoms. The predicted molar refractivity (Wildman–Crippen MR) is 75.9 cm³/mol. The van der Waals surface area contributed by atoms with Crippen LogP contribution < -0.4 is 10.6 Å². The van der Waals surface area contributed by atoms with Crippen molar-refractivity contribution in [2.24, 2.45) is 0 Å². The van der Waals surface area contributed by atoms with Crippen molar-refractivity contribution in [2.75, 3.05) is 0 Å². The monoisotopic (exact) mass is 309 g/mol. The number of carbonyl (C=O) groups excluding carboxylic acids is 1. The Kier molecular flexibility index (Phi) is 4.88. The zero-order chi connectivity index (χ0) is 15.2. The average molecular weight is 309 g/mol. The van der Waals surface area contributed by atoms with Crippen molar-refractivity contribution in [2.45, 2.75) is 25.9 Å². The lowest BCUT2D eigenvalue weighted by molar-refractivity contribution is -0.139. The van der Waals surface area contributed by atoms with Crippen molar-refractivity contribution in [3.63, 3.8) is 0 Å². The van der Waals surface area contributed by atoms with Crippen LogP contribution in [0.5, 0.6) is 0 Å². The lowest BCUT2D eigenvalue weighted by Gasteiger charge is -2.14. The second kappa shape index (κ2) is 6.84. The highest BCUT2D eigenvalue weighted by Crippen LogP contribution is 2.07. The minimum Gasteiger partial charge on any atom is -0.480 e.